The van der Waals surface area contributed by atoms with Crippen LogP contribution in [0.3, 0.4) is 0 Å². The van der Waals surface area contributed by atoms with Crippen LogP contribution in [0, 0.1) is 5.41 Å². The first kappa shape index (κ1) is 14.9. The molecule has 2 unspecified atom stereocenters. The summed E-state index contributed by atoms with van der Waals surface area (Å²) in [7, 11) is 0. The van der Waals surface area contributed by atoms with Gasteiger partial charge in [0.05, 0.1) is 5.60 Å². The Labute approximate surface area is 106 Å². The van der Waals surface area contributed by atoms with Crippen molar-refractivity contribution in [3.8, 4) is 0 Å². The van der Waals surface area contributed by atoms with E-state index in [-0.39, 0.29) is 12.0 Å². The van der Waals surface area contributed by atoms with Gasteiger partial charge in [0.25, 0.3) is 0 Å². The molecule has 0 spiro atoms. The maximum Gasteiger partial charge on any atom is 0.0632 e. The molecule has 0 aromatic heterocycles. The molecule has 0 amide bonds. The van der Waals surface area contributed by atoms with Crippen LogP contribution in [0.4, 0.5) is 0 Å². The molecule has 0 bridgehead atoms. The topological polar surface area (TPSA) is 43.7 Å². The normalized spacial score (nSPS) is 30.9. The molecule has 0 aromatic rings. The number of rotatable bonds is 5. The molecule has 1 aliphatic heterocycles. The highest BCUT2D eigenvalue weighted by Gasteiger charge is 2.29. The van der Waals surface area contributed by atoms with Crippen molar-refractivity contribution >= 4 is 0 Å². The van der Waals surface area contributed by atoms with Crippen molar-refractivity contribution < 1.29 is 10.2 Å². The van der Waals surface area contributed by atoms with Gasteiger partial charge in [-0.3, -0.25) is 0 Å². The third kappa shape index (κ3) is 4.94. The van der Waals surface area contributed by atoms with E-state index in [2.05, 4.69) is 18.7 Å². The lowest BCUT2D eigenvalue weighted by atomic mass is 9.86. The monoisotopic (exact) mass is 243 g/mol. The van der Waals surface area contributed by atoms with E-state index in [0.717, 1.165) is 51.7 Å². The zero-order valence-electron chi connectivity index (χ0n) is 11.7. The highest BCUT2D eigenvalue weighted by molar-refractivity contribution is 4.83. The molecule has 2 N–H and O–H groups in total. The van der Waals surface area contributed by atoms with Gasteiger partial charge in [-0.15, -0.1) is 0 Å². The van der Waals surface area contributed by atoms with Gasteiger partial charge >= 0.3 is 0 Å². The van der Waals surface area contributed by atoms with Gasteiger partial charge < -0.3 is 15.1 Å². The highest BCUT2D eigenvalue weighted by Crippen LogP contribution is 2.27. The summed E-state index contributed by atoms with van der Waals surface area (Å²) in [6.45, 7) is 9.48. The van der Waals surface area contributed by atoms with Crippen LogP contribution < -0.4 is 0 Å². The number of aliphatic hydroxyl groups is 2. The number of nitrogens with zero attached hydrogens (tertiary/aromatic N) is 1. The SMILES string of the molecule is CCCC(C)(CO)CN1CCCC(C)(O)CC1. The zero-order valence-corrected chi connectivity index (χ0v) is 11.7. The second-order valence-corrected chi connectivity index (χ2v) is 6.35. The van der Waals surface area contributed by atoms with Gasteiger partial charge in [0.15, 0.2) is 0 Å². The fourth-order valence-electron chi connectivity index (χ4n) is 2.83. The lowest BCUT2D eigenvalue weighted by Crippen LogP contribution is -2.39. The van der Waals surface area contributed by atoms with Gasteiger partial charge in [0.2, 0.25) is 0 Å². The molecule has 1 aliphatic rings. The minimum atomic E-state index is -0.491. The lowest BCUT2D eigenvalue weighted by Gasteiger charge is -2.33. The van der Waals surface area contributed by atoms with Crippen LogP contribution in [0.15, 0.2) is 0 Å². The number of aliphatic hydroxyl groups excluding tert-OH is 1. The summed E-state index contributed by atoms with van der Waals surface area (Å²) in [6, 6.07) is 0. The van der Waals surface area contributed by atoms with E-state index in [4.69, 9.17) is 0 Å². The fourth-order valence-corrected chi connectivity index (χ4v) is 2.83. The second-order valence-electron chi connectivity index (χ2n) is 6.35. The molecule has 1 rings (SSSR count). The highest BCUT2D eigenvalue weighted by atomic mass is 16.3. The van der Waals surface area contributed by atoms with Crippen LogP contribution in [0.25, 0.3) is 0 Å². The van der Waals surface area contributed by atoms with Crippen molar-refractivity contribution in [3.05, 3.63) is 0 Å². The van der Waals surface area contributed by atoms with E-state index in [1.807, 2.05) is 6.92 Å². The number of hydrogen-bond acceptors (Lipinski definition) is 3. The Balaban J connectivity index is 2.50. The minimum Gasteiger partial charge on any atom is -0.396 e. The van der Waals surface area contributed by atoms with Crippen molar-refractivity contribution in [1.29, 1.82) is 0 Å². The van der Waals surface area contributed by atoms with E-state index in [9.17, 15) is 10.2 Å². The summed E-state index contributed by atoms with van der Waals surface area (Å²) in [4.78, 5) is 2.41. The van der Waals surface area contributed by atoms with E-state index < -0.39 is 5.60 Å². The van der Waals surface area contributed by atoms with E-state index in [1.165, 1.54) is 0 Å². The largest absolute Gasteiger partial charge is 0.396 e. The Morgan fingerprint density at radius 1 is 1.29 bits per heavy atom. The fraction of sp³-hybridized carbons (Fsp3) is 1.00. The summed E-state index contributed by atoms with van der Waals surface area (Å²) in [6.07, 6.45) is 4.98. The smallest absolute Gasteiger partial charge is 0.0632 e. The maximum absolute atomic E-state index is 10.1. The van der Waals surface area contributed by atoms with Crippen molar-refractivity contribution in [1.82, 2.24) is 4.90 Å². The average molecular weight is 243 g/mol. The van der Waals surface area contributed by atoms with E-state index >= 15 is 0 Å². The molecule has 1 saturated heterocycles. The Kier molecular flexibility index (Phi) is 5.42. The number of hydrogen-bond donors (Lipinski definition) is 2. The van der Waals surface area contributed by atoms with Crippen molar-refractivity contribution in [2.75, 3.05) is 26.2 Å². The molecular weight excluding hydrogens is 214 g/mol. The van der Waals surface area contributed by atoms with Gasteiger partial charge in [0, 0.05) is 25.1 Å². The molecule has 17 heavy (non-hydrogen) atoms. The van der Waals surface area contributed by atoms with Gasteiger partial charge in [-0.05, 0) is 39.2 Å². The van der Waals surface area contributed by atoms with Crippen molar-refractivity contribution in [2.45, 2.75) is 58.5 Å². The molecule has 3 nitrogen and oxygen atoms in total. The maximum atomic E-state index is 10.1. The molecule has 0 aliphatic carbocycles. The van der Waals surface area contributed by atoms with Crippen LogP contribution in [0.5, 0.6) is 0 Å². The average Bonchev–Trinajstić information content (AvgIpc) is 2.41. The van der Waals surface area contributed by atoms with Crippen LogP contribution in [-0.2, 0) is 0 Å². The first-order valence-electron chi connectivity index (χ1n) is 6.96. The van der Waals surface area contributed by atoms with Gasteiger partial charge in [-0.1, -0.05) is 20.3 Å². The summed E-state index contributed by atoms with van der Waals surface area (Å²) in [5.74, 6) is 0. The van der Waals surface area contributed by atoms with Gasteiger partial charge in [-0.2, -0.15) is 0 Å². The molecule has 3 heteroatoms. The van der Waals surface area contributed by atoms with E-state index in [0.29, 0.717) is 0 Å². The summed E-state index contributed by atoms with van der Waals surface area (Å²) >= 11 is 0. The molecule has 1 fully saturated rings. The first-order chi connectivity index (χ1) is 7.91. The standard InChI is InChI=1S/C14H29NO2/c1-4-6-13(2,12-16)11-15-9-5-7-14(3,17)8-10-15/h16-17H,4-12H2,1-3H3. The van der Waals surface area contributed by atoms with Crippen molar-refractivity contribution in [3.63, 3.8) is 0 Å². The molecule has 0 radical (unpaired) electrons. The third-order valence-electron chi connectivity index (χ3n) is 4.00. The summed E-state index contributed by atoms with van der Waals surface area (Å²) in [5, 5.41) is 19.6. The van der Waals surface area contributed by atoms with Crippen molar-refractivity contribution in [2.24, 2.45) is 5.41 Å². The predicted molar refractivity (Wildman–Crippen MR) is 71.0 cm³/mol. The van der Waals surface area contributed by atoms with Crippen LogP contribution in [-0.4, -0.2) is 47.0 Å². The van der Waals surface area contributed by atoms with Crippen LogP contribution in [0.1, 0.15) is 52.9 Å². The molecule has 0 saturated carbocycles. The van der Waals surface area contributed by atoms with Crippen LogP contribution in [0.2, 0.25) is 0 Å². The Bertz CT molecular complexity index is 230. The number of likely N-dealkylation sites (tertiary alicyclic amines) is 1. The Hall–Kier alpha value is -0.120. The van der Waals surface area contributed by atoms with Crippen LogP contribution >= 0.6 is 0 Å². The first-order valence-corrected chi connectivity index (χ1v) is 6.96. The molecule has 2 atom stereocenters. The van der Waals surface area contributed by atoms with Gasteiger partial charge in [-0.25, -0.2) is 0 Å². The zero-order chi connectivity index (χ0) is 12.9. The Morgan fingerprint density at radius 3 is 2.59 bits per heavy atom. The molecule has 0 aromatic carbocycles. The predicted octanol–water partition coefficient (Wildman–Crippen LogP) is 2.02. The minimum absolute atomic E-state index is 0.0188. The van der Waals surface area contributed by atoms with Gasteiger partial charge in [0.1, 0.15) is 0 Å². The molecular formula is C14H29NO2. The second kappa shape index (κ2) is 6.17. The summed E-state index contributed by atoms with van der Waals surface area (Å²) in [5.41, 5.74) is -0.472. The van der Waals surface area contributed by atoms with E-state index in [1.54, 1.807) is 0 Å². The quantitative estimate of drug-likeness (QED) is 0.776. The Morgan fingerprint density at radius 2 is 2.00 bits per heavy atom. The lowest BCUT2D eigenvalue weighted by molar-refractivity contribution is 0.0397. The third-order valence-corrected chi connectivity index (χ3v) is 4.00. The molecule has 102 valence electrons. The molecule has 1 heterocycles. The summed E-state index contributed by atoms with van der Waals surface area (Å²) < 4.78 is 0.